The second-order valence-corrected chi connectivity index (χ2v) is 11.2. The number of urea groups is 1. The number of pyridine rings is 1. The Hall–Kier alpha value is -5.95. The summed E-state index contributed by atoms with van der Waals surface area (Å²) in [6.45, 7) is 0.429. The molecule has 0 aliphatic rings. The number of hydrogen-bond acceptors (Lipinski definition) is 10. The summed E-state index contributed by atoms with van der Waals surface area (Å²) >= 11 is 1.57. The maximum Gasteiger partial charge on any atom is 0.336 e. The van der Waals surface area contributed by atoms with Crippen molar-refractivity contribution in [2.24, 2.45) is 0 Å². The molecule has 18 heteroatoms. The minimum absolute atomic E-state index is 0. The molecule has 0 spiro atoms. The number of nitrogens with zero attached hydrogens (tertiary/aromatic N) is 3. The minimum Gasteiger partial charge on any atom is -0.481 e. The van der Waals surface area contributed by atoms with Crippen LogP contribution in [0.15, 0.2) is 72.5 Å². The molecule has 0 aliphatic heterocycles. The van der Waals surface area contributed by atoms with Gasteiger partial charge in [0.1, 0.15) is 11.6 Å². The highest BCUT2D eigenvalue weighted by Gasteiger charge is 2.40. The zero-order chi connectivity index (χ0) is 35.0. The van der Waals surface area contributed by atoms with Crippen LogP contribution in [0.2, 0.25) is 0 Å². The molecule has 5 rings (SSSR count). The summed E-state index contributed by atoms with van der Waals surface area (Å²) in [5.74, 6) is -5.01. The normalized spacial score (nSPS) is 10.8. The number of anilines is 3. The van der Waals surface area contributed by atoms with Gasteiger partial charge < -0.3 is 47.4 Å². The number of fused-ring (bicyclic) bond motifs is 1. The molecule has 0 bridgehead atoms. The second kappa shape index (κ2) is 16.2. The van der Waals surface area contributed by atoms with E-state index < -0.39 is 48.2 Å². The molecule has 0 aliphatic carbocycles. The molecule has 0 unspecified atom stereocenters. The van der Waals surface area contributed by atoms with Gasteiger partial charge in [0, 0.05) is 50.5 Å². The molecule has 0 saturated carbocycles. The summed E-state index contributed by atoms with van der Waals surface area (Å²) < 4.78 is 16.0. The standard InChI is InChI=1S/C25H21FN6O2S.C6H8O7.H2O/c26-17-2-1-3-19(10-17)31-25(34)30-18-6-4-15(5-7-18)21-14-35-23-20(12-28-24(27)22(21)23)16-11-29-32(13-16)8-9-33;7-3(8)1-6(13,5(11)12)2-4(9)10;/h1-7,10-14,33H,8-9H2,(H2,27,28)(H2,30,31,34);13H,1-2H2,(H,7,8)(H,9,10)(H,11,12);1H2. The Balaban J connectivity index is 0.000000398. The van der Waals surface area contributed by atoms with Crippen molar-refractivity contribution in [3.05, 3.63) is 78.3 Å². The third kappa shape index (κ3) is 9.55. The number of carboxylic acid groups (broad SMARTS) is 3. The van der Waals surface area contributed by atoms with Crippen molar-refractivity contribution in [2.45, 2.75) is 25.0 Å². The molecule has 49 heavy (non-hydrogen) atoms. The number of aliphatic hydroxyl groups excluding tert-OH is 1. The number of nitrogens with two attached hydrogens (primary N) is 1. The van der Waals surface area contributed by atoms with Crippen molar-refractivity contribution in [1.82, 2.24) is 14.8 Å². The van der Waals surface area contributed by atoms with Gasteiger partial charge in [0.25, 0.3) is 0 Å². The van der Waals surface area contributed by atoms with E-state index in [4.69, 9.17) is 31.3 Å². The summed E-state index contributed by atoms with van der Waals surface area (Å²) in [6, 6.07) is 12.6. The number of hydrogen-bond donors (Lipinski definition) is 8. The summed E-state index contributed by atoms with van der Waals surface area (Å²) in [7, 11) is 0. The predicted octanol–water partition coefficient (Wildman–Crippen LogP) is 3.11. The van der Waals surface area contributed by atoms with Gasteiger partial charge in [-0.05, 0) is 41.3 Å². The molecule has 2 amide bonds. The van der Waals surface area contributed by atoms with Crippen LogP contribution in [0.25, 0.3) is 32.3 Å². The number of amides is 2. The topological polar surface area (TPSA) is 282 Å². The number of carbonyl (C=O) groups excluding carboxylic acids is 1. The highest BCUT2D eigenvalue weighted by molar-refractivity contribution is 7.18. The first-order valence-corrected chi connectivity index (χ1v) is 14.8. The highest BCUT2D eigenvalue weighted by atomic mass is 32.1. The molecule has 16 nitrogen and oxygen atoms in total. The van der Waals surface area contributed by atoms with E-state index in [1.54, 1.807) is 46.6 Å². The summed E-state index contributed by atoms with van der Waals surface area (Å²) in [4.78, 5) is 47.1. The van der Waals surface area contributed by atoms with Gasteiger partial charge in [-0.1, -0.05) is 18.2 Å². The number of thiophene rings is 1. The van der Waals surface area contributed by atoms with Gasteiger partial charge in [-0.3, -0.25) is 14.3 Å². The van der Waals surface area contributed by atoms with Crippen molar-refractivity contribution in [2.75, 3.05) is 23.0 Å². The lowest BCUT2D eigenvalue weighted by Gasteiger charge is -2.18. The zero-order valence-corrected chi connectivity index (χ0v) is 26.1. The first-order valence-electron chi connectivity index (χ1n) is 13.9. The molecule has 3 heterocycles. The van der Waals surface area contributed by atoms with Crippen LogP contribution in [0.1, 0.15) is 12.8 Å². The van der Waals surface area contributed by atoms with Crippen LogP contribution in [-0.4, -0.2) is 81.9 Å². The van der Waals surface area contributed by atoms with Gasteiger partial charge in [-0.15, -0.1) is 11.3 Å². The fraction of sp³-hybridized carbons (Fsp3) is 0.161. The van der Waals surface area contributed by atoms with E-state index in [0.29, 0.717) is 23.7 Å². The summed E-state index contributed by atoms with van der Waals surface area (Å²) in [5.41, 5.74) is 8.16. The van der Waals surface area contributed by atoms with E-state index in [0.717, 1.165) is 32.3 Å². The van der Waals surface area contributed by atoms with Crippen LogP contribution in [0.4, 0.5) is 26.4 Å². The number of benzene rings is 2. The fourth-order valence-corrected chi connectivity index (χ4v) is 5.64. The summed E-state index contributed by atoms with van der Waals surface area (Å²) in [5, 5.41) is 55.5. The number of rotatable bonds is 11. The molecule has 3 aromatic heterocycles. The van der Waals surface area contributed by atoms with Gasteiger partial charge in [-0.25, -0.2) is 19.0 Å². The maximum atomic E-state index is 13.3. The zero-order valence-electron chi connectivity index (χ0n) is 25.3. The Bertz CT molecular complexity index is 1950. The molecule has 2 aromatic carbocycles. The third-order valence-electron chi connectivity index (χ3n) is 6.72. The van der Waals surface area contributed by atoms with Crippen molar-refractivity contribution >= 4 is 62.6 Å². The Morgan fingerprint density at radius 3 is 2.16 bits per heavy atom. The number of halogens is 1. The van der Waals surface area contributed by atoms with Gasteiger partial charge in [-0.2, -0.15) is 5.10 Å². The smallest absolute Gasteiger partial charge is 0.336 e. The number of aliphatic carboxylic acids is 3. The van der Waals surface area contributed by atoms with Crippen LogP contribution in [0.5, 0.6) is 0 Å². The van der Waals surface area contributed by atoms with E-state index >= 15 is 0 Å². The SMILES string of the molecule is Nc1ncc(-c2cnn(CCO)c2)c2scc(-c3ccc(NC(=O)Nc4cccc(F)c4)cc3)c12.O.O=C(O)CC(O)(CC(=O)O)C(=O)O. The maximum absolute atomic E-state index is 13.3. The van der Waals surface area contributed by atoms with Crippen LogP contribution >= 0.6 is 11.3 Å². The Labute approximate surface area is 280 Å². The van der Waals surface area contributed by atoms with Crippen molar-refractivity contribution < 1.29 is 54.6 Å². The quantitative estimate of drug-likeness (QED) is 0.0988. The van der Waals surface area contributed by atoms with E-state index in [-0.39, 0.29) is 12.1 Å². The molecule has 11 N–H and O–H groups in total. The predicted molar refractivity (Wildman–Crippen MR) is 178 cm³/mol. The molecule has 0 radical (unpaired) electrons. The van der Waals surface area contributed by atoms with E-state index in [1.807, 2.05) is 23.7 Å². The summed E-state index contributed by atoms with van der Waals surface area (Å²) in [6.07, 6.45) is 3.07. The Kier molecular flexibility index (Phi) is 12.4. The van der Waals surface area contributed by atoms with Crippen molar-refractivity contribution in [3.63, 3.8) is 0 Å². The molecule has 5 aromatic rings. The first kappa shape index (κ1) is 37.5. The molecular formula is C31H31FN6O10S. The van der Waals surface area contributed by atoms with Crippen molar-refractivity contribution in [1.29, 1.82) is 0 Å². The highest BCUT2D eigenvalue weighted by Crippen LogP contribution is 2.41. The van der Waals surface area contributed by atoms with Crippen LogP contribution < -0.4 is 16.4 Å². The van der Waals surface area contributed by atoms with Crippen molar-refractivity contribution in [3.8, 4) is 22.3 Å². The number of nitrogens with one attached hydrogen (secondary N) is 2. The monoisotopic (exact) mass is 698 g/mol. The van der Waals surface area contributed by atoms with Crippen LogP contribution in [0, 0.1) is 5.82 Å². The number of carboxylic acids is 3. The van der Waals surface area contributed by atoms with Gasteiger partial charge >= 0.3 is 23.9 Å². The van der Waals surface area contributed by atoms with E-state index in [1.165, 1.54) is 18.2 Å². The Morgan fingerprint density at radius 2 is 1.57 bits per heavy atom. The van der Waals surface area contributed by atoms with Crippen LogP contribution in [-0.2, 0) is 20.9 Å². The number of aromatic nitrogens is 3. The molecule has 0 saturated heterocycles. The number of aliphatic hydroxyl groups is 2. The largest absolute Gasteiger partial charge is 0.481 e. The first-order chi connectivity index (χ1) is 22.8. The third-order valence-corrected chi connectivity index (χ3v) is 7.73. The molecule has 258 valence electrons. The van der Waals surface area contributed by atoms with Gasteiger partial charge in [0.15, 0.2) is 5.60 Å². The number of carbonyl (C=O) groups is 4. The fourth-order valence-electron chi connectivity index (χ4n) is 4.52. The average molecular weight is 699 g/mol. The molecule has 0 atom stereocenters. The second-order valence-electron chi connectivity index (χ2n) is 10.3. The Morgan fingerprint density at radius 1 is 0.918 bits per heavy atom. The van der Waals surface area contributed by atoms with Gasteiger partial charge in [0.2, 0.25) is 0 Å². The van der Waals surface area contributed by atoms with Crippen LogP contribution in [0.3, 0.4) is 0 Å². The molecular weight excluding hydrogens is 667 g/mol. The van der Waals surface area contributed by atoms with E-state index in [9.17, 15) is 23.6 Å². The molecule has 0 fully saturated rings. The lowest BCUT2D eigenvalue weighted by Crippen LogP contribution is -2.42. The van der Waals surface area contributed by atoms with Gasteiger partial charge in [0.05, 0.1) is 32.2 Å². The minimum atomic E-state index is -2.74. The lowest BCUT2D eigenvalue weighted by atomic mass is 9.96. The number of nitrogen functional groups attached to an aromatic ring is 1. The van der Waals surface area contributed by atoms with E-state index in [2.05, 4.69) is 20.7 Å². The lowest BCUT2D eigenvalue weighted by molar-refractivity contribution is -0.170. The average Bonchev–Trinajstić information content (AvgIpc) is 3.66.